The van der Waals surface area contributed by atoms with E-state index < -0.39 is 5.60 Å². The lowest BCUT2D eigenvalue weighted by Gasteiger charge is -2.52. The first-order valence-corrected chi connectivity index (χ1v) is 7.09. The summed E-state index contributed by atoms with van der Waals surface area (Å²) in [6.45, 7) is 9.29. The van der Waals surface area contributed by atoms with Crippen LogP contribution in [0.25, 0.3) is 0 Å². The zero-order valence-electron chi connectivity index (χ0n) is 12.0. The zero-order chi connectivity index (χ0) is 14.4. The van der Waals surface area contributed by atoms with Gasteiger partial charge in [-0.3, -0.25) is 4.79 Å². The Morgan fingerprint density at radius 1 is 1.42 bits per heavy atom. The van der Waals surface area contributed by atoms with E-state index >= 15 is 0 Å². The van der Waals surface area contributed by atoms with Crippen molar-refractivity contribution in [3.05, 3.63) is 0 Å². The van der Waals surface area contributed by atoms with Crippen LogP contribution in [0.5, 0.6) is 0 Å². The molecule has 0 aromatic heterocycles. The maximum absolute atomic E-state index is 11.9. The van der Waals surface area contributed by atoms with Gasteiger partial charge in [0.1, 0.15) is 5.60 Å². The van der Waals surface area contributed by atoms with Gasteiger partial charge in [-0.1, -0.05) is 0 Å². The van der Waals surface area contributed by atoms with E-state index in [-0.39, 0.29) is 22.8 Å². The lowest BCUT2D eigenvalue weighted by molar-refractivity contribution is -0.139. The quantitative estimate of drug-likeness (QED) is 0.744. The zero-order valence-corrected chi connectivity index (χ0v) is 12.9. The molecule has 1 unspecified atom stereocenters. The molecular formula is C13H22N2O3S. The molecule has 2 aliphatic heterocycles. The molecule has 2 amide bonds. The molecule has 19 heavy (non-hydrogen) atoms. The second kappa shape index (κ2) is 4.58. The summed E-state index contributed by atoms with van der Waals surface area (Å²) >= 11 is 4.36. The molecule has 0 radical (unpaired) electrons. The molecule has 0 bridgehead atoms. The number of hydrogen-bond acceptors (Lipinski definition) is 4. The second-order valence-electron chi connectivity index (χ2n) is 6.70. The minimum atomic E-state index is -0.483. The summed E-state index contributed by atoms with van der Waals surface area (Å²) in [5, 5.41) is 0.111. The highest BCUT2D eigenvalue weighted by Gasteiger charge is 2.50. The molecule has 0 aromatic rings. The van der Waals surface area contributed by atoms with Gasteiger partial charge in [0.2, 0.25) is 5.91 Å². The third-order valence-electron chi connectivity index (χ3n) is 3.47. The summed E-state index contributed by atoms with van der Waals surface area (Å²) in [6, 6.07) is 0. The molecule has 2 heterocycles. The summed E-state index contributed by atoms with van der Waals surface area (Å²) in [5.41, 5.74) is -0.742. The predicted octanol–water partition coefficient (Wildman–Crippen LogP) is 1.53. The SMILES string of the molecule is CC(C)(C)OC(=O)N1CC(C)(N2CC(S)CC2=O)C1. The predicted molar refractivity (Wildman–Crippen MR) is 75.3 cm³/mol. The second-order valence-corrected chi connectivity index (χ2v) is 7.43. The molecular weight excluding hydrogens is 264 g/mol. The maximum Gasteiger partial charge on any atom is 0.410 e. The summed E-state index contributed by atoms with van der Waals surface area (Å²) < 4.78 is 5.31. The highest BCUT2D eigenvalue weighted by Crippen LogP contribution is 2.33. The van der Waals surface area contributed by atoms with E-state index in [0.717, 1.165) is 0 Å². The van der Waals surface area contributed by atoms with Crippen molar-refractivity contribution in [3.8, 4) is 0 Å². The normalized spacial score (nSPS) is 26.4. The van der Waals surface area contributed by atoms with Crippen molar-refractivity contribution in [2.75, 3.05) is 19.6 Å². The first-order chi connectivity index (χ1) is 8.61. The summed E-state index contributed by atoms with van der Waals surface area (Å²) in [4.78, 5) is 27.2. The number of ether oxygens (including phenoxy) is 1. The van der Waals surface area contributed by atoms with Gasteiger partial charge in [0.15, 0.2) is 0 Å². The third-order valence-corrected chi connectivity index (χ3v) is 3.82. The van der Waals surface area contributed by atoms with Crippen molar-refractivity contribution >= 4 is 24.6 Å². The molecule has 0 aliphatic carbocycles. The summed E-state index contributed by atoms with van der Waals surface area (Å²) in [5.74, 6) is 0.131. The van der Waals surface area contributed by atoms with Crippen molar-refractivity contribution in [1.82, 2.24) is 9.80 Å². The molecule has 6 heteroatoms. The topological polar surface area (TPSA) is 49.9 Å². The van der Waals surface area contributed by atoms with E-state index in [1.54, 1.807) is 4.90 Å². The van der Waals surface area contributed by atoms with Crippen LogP contribution in [-0.2, 0) is 9.53 Å². The van der Waals surface area contributed by atoms with Crippen LogP contribution in [0.1, 0.15) is 34.1 Å². The number of carbonyl (C=O) groups excluding carboxylic acids is 2. The van der Waals surface area contributed by atoms with Crippen LogP contribution in [0.3, 0.4) is 0 Å². The van der Waals surface area contributed by atoms with Crippen molar-refractivity contribution in [2.45, 2.75) is 50.5 Å². The lowest BCUT2D eigenvalue weighted by atomic mass is 9.90. The van der Waals surface area contributed by atoms with Gasteiger partial charge in [-0.2, -0.15) is 12.6 Å². The Hall–Kier alpha value is -0.910. The van der Waals surface area contributed by atoms with Crippen LogP contribution >= 0.6 is 12.6 Å². The molecule has 2 aliphatic rings. The molecule has 0 aromatic carbocycles. The van der Waals surface area contributed by atoms with E-state index in [1.807, 2.05) is 32.6 Å². The van der Waals surface area contributed by atoms with Crippen molar-refractivity contribution in [3.63, 3.8) is 0 Å². The minimum Gasteiger partial charge on any atom is -0.444 e. The molecule has 5 nitrogen and oxygen atoms in total. The average molecular weight is 286 g/mol. The number of amides is 2. The monoisotopic (exact) mass is 286 g/mol. The van der Waals surface area contributed by atoms with Gasteiger partial charge in [0.25, 0.3) is 0 Å². The van der Waals surface area contributed by atoms with Crippen LogP contribution in [0, 0.1) is 0 Å². The Bertz CT molecular complexity index is 399. The summed E-state index contributed by atoms with van der Waals surface area (Å²) in [6.07, 6.45) is 0.185. The van der Waals surface area contributed by atoms with Crippen LogP contribution in [-0.4, -0.2) is 57.8 Å². The molecule has 2 fully saturated rings. The number of rotatable bonds is 1. The number of carbonyl (C=O) groups is 2. The van der Waals surface area contributed by atoms with E-state index in [4.69, 9.17) is 4.74 Å². The molecule has 1 atom stereocenters. The first kappa shape index (κ1) is 14.5. The van der Waals surface area contributed by atoms with Crippen LogP contribution in [0.2, 0.25) is 0 Å². The smallest absolute Gasteiger partial charge is 0.410 e. The first-order valence-electron chi connectivity index (χ1n) is 6.57. The lowest BCUT2D eigenvalue weighted by Crippen LogP contribution is -2.70. The van der Waals surface area contributed by atoms with Crippen LogP contribution in [0.15, 0.2) is 0 Å². The Morgan fingerprint density at radius 3 is 2.42 bits per heavy atom. The molecule has 108 valence electrons. The van der Waals surface area contributed by atoms with E-state index in [9.17, 15) is 9.59 Å². The van der Waals surface area contributed by atoms with Gasteiger partial charge in [0.05, 0.1) is 5.54 Å². The van der Waals surface area contributed by atoms with E-state index in [0.29, 0.717) is 26.1 Å². The Morgan fingerprint density at radius 2 is 2.00 bits per heavy atom. The molecule has 0 N–H and O–H groups in total. The van der Waals surface area contributed by atoms with Crippen LogP contribution in [0.4, 0.5) is 4.79 Å². The number of hydrogen-bond donors (Lipinski definition) is 1. The fraction of sp³-hybridized carbons (Fsp3) is 0.846. The Labute approximate surface area is 119 Å². The highest BCUT2D eigenvalue weighted by atomic mass is 32.1. The maximum atomic E-state index is 11.9. The Balaban J connectivity index is 1.91. The minimum absolute atomic E-state index is 0.111. The van der Waals surface area contributed by atoms with Gasteiger partial charge in [0, 0.05) is 31.3 Å². The van der Waals surface area contributed by atoms with E-state index in [2.05, 4.69) is 12.6 Å². The average Bonchev–Trinajstić information content (AvgIpc) is 2.50. The fourth-order valence-electron chi connectivity index (χ4n) is 2.61. The highest BCUT2D eigenvalue weighted by molar-refractivity contribution is 7.81. The molecule has 0 saturated carbocycles. The molecule has 2 saturated heterocycles. The van der Waals surface area contributed by atoms with Crippen molar-refractivity contribution < 1.29 is 14.3 Å². The van der Waals surface area contributed by atoms with Gasteiger partial charge in [-0.25, -0.2) is 4.79 Å². The van der Waals surface area contributed by atoms with Gasteiger partial charge in [-0.05, 0) is 27.7 Å². The number of thiol groups is 1. The van der Waals surface area contributed by atoms with Gasteiger partial charge in [-0.15, -0.1) is 0 Å². The number of nitrogens with zero attached hydrogens (tertiary/aromatic N) is 2. The molecule has 0 spiro atoms. The fourth-order valence-corrected chi connectivity index (χ4v) is 2.93. The van der Waals surface area contributed by atoms with Gasteiger partial charge < -0.3 is 14.5 Å². The van der Waals surface area contributed by atoms with Crippen molar-refractivity contribution in [1.29, 1.82) is 0 Å². The largest absolute Gasteiger partial charge is 0.444 e. The van der Waals surface area contributed by atoms with E-state index in [1.165, 1.54) is 0 Å². The Kier molecular flexibility index (Phi) is 3.49. The van der Waals surface area contributed by atoms with Gasteiger partial charge >= 0.3 is 6.09 Å². The summed E-state index contributed by atoms with van der Waals surface area (Å²) in [7, 11) is 0. The van der Waals surface area contributed by atoms with Crippen molar-refractivity contribution in [2.24, 2.45) is 0 Å². The standard InChI is InChI=1S/C13H22N2O3S/c1-12(2,3)18-11(17)14-7-13(4,8-14)15-6-9(19)5-10(15)16/h9,19H,5-8H2,1-4H3. The van der Waals surface area contributed by atoms with Crippen LogP contribution < -0.4 is 0 Å². The molecule has 2 rings (SSSR count). The third kappa shape index (κ3) is 2.99. The number of likely N-dealkylation sites (tertiary alicyclic amines) is 2.